The van der Waals surface area contributed by atoms with E-state index in [9.17, 15) is 5.26 Å². The molecule has 0 radical (unpaired) electrons. The van der Waals surface area contributed by atoms with Gasteiger partial charge >= 0.3 is 0 Å². The van der Waals surface area contributed by atoms with Gasteiger partial charge in [-0.2, -0.15) is 5.26 Å². The van der Waals surface area contributed by atoms with Gasteiger partial charge in [0.05, 0.1) is 17.8 Å². The molecule has 0 aliphatic carbocycles. The Labute approximate surface area is 112 Å². The van der Waals surface area contributed by atoms with E-state index in [1.807, 2.05) is 19.9 Å². The second-order valence-corrected chi connectivity index (χ2v) is 8.06. The molecule has 2 atom stereocenters. The average molecular weight is 249 g/mol. The van der Waals surface area contributed by atoms with E-state index in [0.717, 1.165) is 5.57 Å². The molecule has 1 heterocycles. The van der Waals surface area contributed by atoms with Crippen LogP contribution in [-0.4, -0.2) is 11.7 Å². The second-order valence-electron chi connectivity index (χ2n) is 8.06. The van der Waals surface area contributed by atoms with Crippen molar-refractivity contribution in [1.82, 2.24) is 0 Å². The number of rotatable bonds is 0. The molecule has 0 amide bonds. The Morgan fingerprint density at radius 1 is 1.11 bits per heavy atom. The zero-order chi connectivity index (χ0) is 14.4. The van der Waals surface area contributed by atoms with E-state index in [0.29, 0.717) is 0 Å². The number of ether oxygens (including phenoxy) is 1. The maximum absolute atomic E-state index is 9.47. The zero-order valence-corrected chi connectivity index (χ0v) is 13.1. The number of nitrogens with zero attached hydrogens (tertiary/aromatic N) is 1. The zero-order valence-electron chi connectivity index (χ0n) is 13.1. The van der Waals surface area contributed by atoms with E-state index < -0.39 is 0 Å². The molecule has 0 saturated heterocycles. The van der Waals surface area contributed by atoms with Crippen molar-refractivity contribution in [2.75, 3.05) is 0 Å². The third-order valence-electron chi connectivity index (χ3n) is 3.49. The summed E-state index contributed by atoms with van der Waals surface area (Å²) < 4.78 is 6.28. The Morgan fingerprint density at radius 3 is 1.94 bits per heavy atom. The molecule has 0 aromatic rings. The summed E-state index contributed by atoms with van der Waals surface area (Å²) in [5.41, 5.74) is 0.561. The molecule has 0 bridgehead atoms. The van der Waals surface area contributed by atoms with Crippen molar-refractivity contribution in [3.63, 3.8) is 0 Å². The fraction of sp³-hybridized carbons (Fsp3) is 0.812. The lowest BCUT2D eigenvalue weighted by Crippen LogP contribution is -2.50. The lowest BCUT2D eigenvalue weighted by molar-refractivity contribution is -0.139. The molecule has 0 aromatic heterocycles. The molecular weight excluding hydrogens is 222 g/mol. The largest absolute Gasteiger partial charge is 0.367 e. The second kappa shape index (κ2) is 4.38. The van der Waals surface area contributed by atoms with Crippen LogP contribution in [0.4, 0.5) is 0 Å². The molecule has 1 aliphatic heterocycles. The molecule has 0 fully saturated rings. The summed E-state index contributed by atoms with van der Waals surface area (Å²) in [4.78, 5) is 0. The van der Waals surface area contributed by atoms with Crippen LogP contribution in [0.1, 0.15) is 55.4 Å². The lowest BCUT2D eigenvalue weighted by atomic mass is 9.65. The third kappa shape index (κ3) is 3.14. The summed E-state index contributed by atoms with van der Waals surface area (Å²) in [5.74, 6) is 0.149. The van der Waals surface area contributed by atoms with Crippen LogP contribution in [0.5, 0.6) is 0 Å². The van der Waals surface area contributed by atoms with Crippen LogP contribution in [-0.2, 0) is 4.74 Å². The van der Waals surface area contributed by atoms with Crippen LogP contribution in [0, 0.1) is 28.1 Å². The highest BCUT2D eigenvalue weighted by molar-refractivity contribution is 5.32. The molecule has 0 N–H and O–H groups in total. The van der Waals surface area contributed by atoms with Gasteiger partial charge in [-0.15, -0.1) is 0 Å². The van der Waals surface area contributed by atoms with Gasteiger partial charge < -0.3 is 4.74 Å². The average Bonchev–Trinajstić information content (AvgIpc) is 2.11. The quantitative estimate of drug-likeness (QED) is 0.640. The summed E-state index contributed by atoms with van der Waals surface area (Å²) in [5, 5.41) is 9.47. The fourth-order valence-corrected chi connectivity index (χ4v) is 2.76. The van der Waals surface area contributed by atoms with Crippen molar-refractivity contribution in [2.24, 2.45) is 16.7 Å². The van der Waals surface area contributed by atoms with Crippen molar-refractivity contribution >= 4 is 0 Å². The molecule has 0 spiro atoms. The van der Waals surface area contributed by atoms with Crippen molar-refractivity contribution in [3.05, 3.63) is 11.6 Å². The predicted molar refractivity (Wildman–Crippen MR) is 75.0 cm³/mol. The van der Waals surface area contributed by atoms with E-state index >= 15 is 0 Å². The van der Waals surface area contributed by atoms with Gasteiger partial charge in [-0.1, -0.05) is 41.5 Å². The molecular formula is C16H27NO. The van der Waals surface area contributed by atoms with E-state index in [-0.39, 0.29) is 28.5 Å². The lowest BCUT2D eigenvalue weighted by Gasteiger charge is -2.49. The Kier molecular flexibility index (Phi) is 3.71. The third-order valence-corrected chi connectivity index (χ3v) is 3.49. The molecule has 102 valence electrons. The van der Waals surface area contributed by atoms with Gasteiger partial charge in [0.1, 0.15) is 0 Å². The standard InChI is InChI=1S/C16H27NO/c1-14(2,3)12-11(10-17)9-16(7,8)18-13(12)15(4,5)6/h9,12-13H,1-8H3. The van der Waals surface area contributed by atoms with Gasteiger partial charge in [0.15, 0.2) is 0 Å². The minimum Gasteiger partial charge on any atom is -0.367 e. The molecule has 1 rings (SSSR count). The van der Waals surface area contributed by atoms with Crippen LogP contribution >= 0.6 is 0 Å². The maximum Gasteiger partial charge on any atom is 0.0949 e. The van der Waals surface area contributed by atoms with E-state index in [1.54, 1.807) is 0 Å². The highest BCUT2D eigenvalue weighted by Gasteiger charge is 2.47. The first-order valence-corrected chi connectivity index (χ1v) is 6.69. The summed E-state index contributed by atoms with van der Waals surface area (Å²) >= 11 is 0. The van der Waals surface area contributed by atoms with Gasteiger partial charge in [0, 0.05) is 11.5 Å². The van der Waals surface area contributed by atoms with Gasteiger partial charge in [0.25, 0.3) is 0 Å². The van der Waals surface area contributed by atoms with Crippen molar-refractivity contribution in [2.45, 2.75) is 67.1 Å². The molecule has 2 nitrogen and oxygen atoms in total. The Morgan fingerprint density at radius 2 is 1.61 bits per heavy atom. The number of hydrogen-bond donors (Lipinski definition) is 0. The van der Waals surface area contributed by atoms with Gasteiger partial charge in [-0.25, -0.2) is 0 Å². The van der Waals surface area contributed by atoms with Crippen LogP contribution in [0.3, 0.4) is 0 Å². The van der Waals surface area contributed by atoms with E-state index in [1.165, 1.54) is 0 Å². The fourth-order valence-electron chi connectivity index (χ4n) is 2.76. The van der Waals surface area contributed by atoms with Crippen LogP contribution < -0.4 is 0 Å². The van der Waals surface area contributed by atoms with Crippen LogP contribution in [0.25, 0.3) is 0 Å². The van der Waals surface area contributed by atoms with Gasteiger partial charge in [0.2, 0.25) is 0 Å². The minimum absolute atomic E-state index is 0.0194. The topological polar surface area (TPSA) is 33.0 Å². The van der Waals surface area contributed by atoms with Crippen molar-refractivity contribution in [1.29, 1.82) is 5.26 Å². The first kappa shape index (κ1) is 15.2. The first-order valence-electron chi connectivity index (χ1n) is 6.69. The maximum atomic E-state index is 9.47. The summed E-state index contributed by atoms with van der Waals surface area (Å²) in [6.07, 6.45) is 2.05. The van der Waals surface area contributed by atoms with Crippen LogP contribution in [0.2, 0.25) is 0 Å². The molecule has 2 unspecified atom stereocenters. The van der Waals surface area contributed by atoms with Crippen LogP contribution in [0.15, 0.2) is 11.6 Å². The Balaban J connectivity index is 3.35. The molecule has 2 heteroatoms. The summed E-state index contributed by atoms with van der Waals surface area (Å²) in [7, 11) is 0. The highest BCUT2D eigenvalue weighted by Crippen LogP contribution is 2.47. The number of hydrogen-bond acceptors (Lipinski definition) is 2. The Hall–Kier alpha value is -0.810. The first-order chi connectivity index (χ1) is 7.88. The number of nitriles is 1. The van der Waals surface area contributed by atoms with Crippen molar-refractivity contribution < 1.29 is 4.74 Å². The molecule has 0 aromatic carbocycles. The van der Waals surface area contributed by atoms with E-state index in [2.05, 4.69) is 47.6 Å². The minimum atomic E-state index is -0.356. The SMILES string of the molecule is CC1(C)C=C(C#N)C(C(C)(C)C)C(C(C)(C)C)O1. The predicted octanol–water partition coefficient (Wildman–Crippen LogP) is 4.32. The molecule has 0 saturated carbocycles. The molecule has 18 heavy (non-hydrogen) atoms. The summed E-state index contributed by atoms with van der Waals surface area (Å²) in [6, 6.07) is 2.40. The summed E-state index contributed by atoms with van der Waals surface area (Å²) in [6.45, 7) is 17.2. The van der Waals surface area contributed by atoms with Crippen molar-refractivity contribution in [3.8, 4) is 6.07 Å². The highest BCUT2D eigenvalue weighted by atomic mass is 16.5. The van der Waals surface area contributed by atoms with Gasteiger partial charge in [-0.05, 0) is 30.8 Å². The monoisotopic (exact) mass is 249 g/mol. The molecule has 1 aliphatic rings. The Bertz CT molecular complexity index is 385. The normalized spacial score (nSPS) is 28.5. The smallest absolute Gasteiger partial charge is 0.0949 e. The van der Waals surface area contributed by atoms with E-state index in [4.69, 9.17) is 4.74 Å². The van der Waals surface area contributed by atoms with Gasteiger partial charge in [-0.3, -0.25) is 0 Å².